The second-order valence-electron chi connectivity index (χ2n) is 3.13. The molecular formula is C9H9F3N2O3. The monoisotopic (exact) mass is 250 g/mol. The van der Waals surface area contributed by atoms with Crippen molar-refractivity contribution in [2.45, 2.75) is 12.7 Å². The summed E-state index contributed by atoms with van der Waals surface area (Å²) in [7, 11) is 1.12. The molecule has 0 aliphatic heterocycles. The van der Waals surface area contributed by atoms with Gasteiger partial charge in [-0.15, -0.1) is 0 Å². The molecule has 0 aliphatic rings. The highest BCUT2D eigenvalue weighted by molar-refractivity contribution is 5.50. The third kappa shape index (κ3) is 2.64. The summed E-state index contributed by atoms with van der Waals surface area (Å²) in [6.45, 7) is -0.421. The van der Waals surface area contributed by atoms with Crippen molar-refractivity contribution in [3.05, 3.63) is 33.4 Å². The molecular weight excluding hydrogens is 241 g/mol. The van der Waals surface area contributed by atoms with Crippen molar-refractivity contribution in [1.29, 1.82) is 0 Å². The van der Waals surface area contributed by atoms with E-state index in [-0.39, 0.29) is 11.3 Å². The average molecular weight is 250 g/mol. The Morgan fingerprint density at radius 3 is 2.41 bits per heavy atom. The Kier molecular flexibility index (Phi) is 3.56. The van der Waals surface area contributed by atoms with Crippen LogP contribution in [0.3, 0.4) is 0 Å². The molecule has 0 radical (unpaired) electrons. The van der Waals surface area contributed by atoms with Crippen LogP contribution >= 0.6 is 0 Å². The lowest BCUT2D eigenvalue weighted by molar-refractivity contribution is -0.385. The molecule has 0 atom stereocenters. The molecule has 0 spiro atoms. The molecule has 1 rings (SSSR count). The van der Waals surface area contributed by atoms with Gasteiger partial charge in [0.25, 0.3) is 5.69 Å². The lowest BCUT2D eigenvalue weighted by Crippen LogP contribution is -2.14. The maximum Gasteiger partial charge on any atom is 0.417 e. The summed E-state index contributed by atoms with van der Waals surface area (Å²) in [6.07, 6.45) is -4.71. The largest absolute Gasteiger partial charge is 0.496 e. The zero-order chi connectivity index (χ0) is 13.2. The third-order valence-electron chi connectivity index (χ3n) is 2.13. The highest BCUT2D eigenvalue weighted by atomic mass is 19.4. The number of halogens is 3. The molecule has 0 aromatic heterocycles. The van der Waals surface area contributed by atoms with Crippen molar-refractivity contribution < 1.29 is 22.8 Å². The molecule has 17 heavy (non-hydrogen) atoms. The van der Waals surface area contributed by atoms with E-state index in [2.05, 4.69) is 4.74 Å². The van der Waals surface area contributed by atoms with Gasteiger partial charge in [-0.3, -0.25) is 10.1 Å². The molecule has 5 nitrogen and oxygen atoms in total. The Hall–Kier alpha value is -1.83. The molecule has 0 unspecified atom stereocenters. The molecule has 1 aromatic carbocycles. The molecule has 0 amide bonds. The van der Waals surface area contributed by atoms with Gasteiger partial charge in [0, 0.05) is 18.2 Å². The topological polar surface area (TPSA) is 78.4 Å². The second-order valence-corrected chi connectivity index (χ2v) is 3.13. The highest BCUT2D eigenvalue weighted by Gasteiger charge is 2.36. The van der Waals surface area contributed by atoms with Crippen LogP contribution in [0.25, 0.3) is 0 Å². The van der Waals surface area contributed by atoms with E-state index in [1.165, 1.54) is 0 Å². The molecule has 8 heteroatoms. The SMILES string of the molecule is COc1cc([N+](=O)[O-])cc(C(F)(F)F)c1CN. The standard InChI is InChI=1S/C9H9F3N2O3/c1-17-8-3-5(14(15)16)2-7(6(8)4-13)9(10,11)12/h2-3H,4,13H2,1H3. The van der Waals surface area contributed by atoms with Gasteiger partial charge in [-0.1, -0.05) is 0 Å². The van der Waals surface area contributed by atoms with Crippen molar-refractivity contribution in [1.82, 2.24) is 0 Å². The number of rotatable bonds is 3. The van der Waals surface area contributed by atoms with Gasteiger partial charge in [0.05, 0.1) is 23.7 Å². The number of nitrogens with zero attached hydrogens (tertiary/aromatic N) is 1. The second kappa shape index (κ2) is 4.58. The van der Waals surface area contributed by atoms with Gasteiger partial charge < -0.3 is 10.5 Å². The first-order chi connectivity index (χ1) is 7.81. The van der Waals surface area contributed by atoms with E-state index in [1.54, 1.807) is 0 Å². The molecule has 0 saturated heterocycles. The fourth-order valence-electron chi connectivity index (χ4n) is 1.38. The summed E-state index contributed by atoms with van der Waals surface area (Å²) in [5.41, 5.74) is 3.06. The van der Waals surface area contributed by atoms with E-state index in [0.29, 0.717) is 6.07 Å². The number of benzene rings is 1. The van der Waals surface area contributed by atoms with Crippen LogP contribution in [0.4, 0.5) is 18.9 Å². The van der Waals surface area contributed by atoms with E-state index < -0.39 is 28.9 Å². The van der Waals surface area contributed by atoms with Crippen molar-refractivity contribution >= 4 is 5.69 Å². The van der Waals surface area contributed by atoms with E-state index in [1.807, 2.05) is 0 Å². The van der Waals surface area contributed by atoms with Crippen LogP contribution in [0, 0.1) is 10.1 Å². The molecule has 0 saturated carbocycles. The van der Waals surface area contributed by atoms with Crippen LogP contribution in [-0.2, 0) is 12.7 Å². The fraction of sp³-hybridized carbons (Fsp3) is 0.333. The Bertz CT molecular complexity index is 446. The van der Waals surface area contributed by atoms with Gasteiger partial charge in [0.15, 0.2) is 0 Å². The molecule has 0 fully saturated rings. The smallest absolute Gasteiger partial charge is 0.417 e. The Balaban J connectivity index is 3.54. The minimum absolute atomic E-state index is 0.242. The van der Waals surface area contributed by atoms with Crippen LogP contribution < -0.4 is 10.5 Å². The summed E-state index contributed by atoms with van der Waals surface area (Å²) >= 11 is 0. The number of methoxy groups -OCH3 is 1. The lowest BCUT2D eigenvalue weighted by Gasteiger charge is -2.14. The Morgan fingerprint density at radius 1 is 1.47 bits per heavy atom. The summed E-state index contributed by atoms with van der Waals surface area (Å²) in [4.78, 5) is 9.58. The zero-order valence-electron chi connectivity index (χ0n) is 8.75. The molecule has 94 valence electrons. The summed E-state index contributed by atoms with van der Waals surface area (Å²) in [6, 6.07) is 1.36. The van der Waals surface area contributed by atoms with E-state index >= 15 is 0 Å². The third-order valence-corrected chi connectivity index (χ3v) is 2.13. The lowest BCUT2D eigenvalue weighted by atomic mass is 10.0. The number of non-ortho nitro benzene ring substituents is 1. The summed E-state index contributed by atoms with van der Waals surface area (Å²) < 4.78 is 42.7. The van der Waals surface area contributed by atoms with E-state index in [4.69, 9.17) is 5.73 Å². The van der Waals surface area contributed by atoms with Crippen molar-refractivity contribution in [2.75, 3.05) is 7.11 Å². The minimum atomic E-state index is -4.71. The molecule has 1 aromatic rings. The van der Waals surface area contributed by atoms with Gasteiger partial charge >= 0.3 is 6.18 Å². The van der Waals surface area contributed by atoms with Crippen LogP contribution in [0.5, 0.6) is 5.75 Å². The van der Waals surface area contributed by atoms with Gasteiger partial charge in [-0.05, 0) is 0 Å². The minimum Gasteiger partial charge on any atom is -0.496 e. The van der Waals surface area contributed by atoms with Crippen molar-refractivity contribution in [2.24, 2.45) is 5.73 Å². The first-order valence-electron chi connectivity index (χ1n) is 4.43. The number of hydrogen-bond donors (Lipinski definition) is 1. The molecule has 0 aliphatic carbocycles. The molecule has 0 bridgehead atoms. The number of nitro benzene ring substituents is 1. The highest BCUT2D eigenvalue weighted by Crippen LogP contribution is 2.38. The number of ether oxygens (including phenoxy) is 1. The predicted octanol–water partition coefficient (Wildman–Crippen LogP) is 2.08. The van der Waals surface area contributed by atoms with Crippen LogP contribution in [0.15, 0.2) is 12.1 Å². The van der Waals surface area contributed by atoms with E-state index in [9.17, 15) is 23.3 Å². The maximum atomic E-state index is 12.7. The van der Waals surface area contributed by atoms with Crippen LogP contribution in [0.1, 0.15) is 11.1 Å². The normalized spacial score (nSPS) is 11.4. The van der Waals surface area contributed by atoms with Gasteiger partial charge in [-0.2, -0.15) is 13.2 Å². The number of alkyl halides is 3. The van der Waals surface area contributed by atoms with Gasteiger partial charge in [-0.25, -0.2) is 0 Å². The summed E-state index contributed by atoms with van der Waals surface area (Å²) in [5.74, 6) is -0.242. The summed E-state index contributed by atoms with van der Waals surface area (Å²) in [5, 5.41) is 10.5. The van der Waals surface area contributed by atoms with Crippen LogP contribution in [-0.4, -0.2) is 12.0 Å². The first kappa shape index (κ1) is 13.2. The fourth-order valence-corrected chi connectivity index (χ4v) is 1.38. The van der Waals surface area contributed by atoms with Crippen LogP contribution in [0.2, 0.25) is 0 Å². The Morgan fingerprint density at radius 2 is 2.06 bits per heavy atom. The van der Waals surface area contributed by atoms with Gasteiger partial charge in [0.2, 0.25) is 0 Å². The number of hydrogen-bond acceptors (Lipinski definition) is 4. The number of nitro groups is 1. The molecule has 2 N–H and O–H groups in total. The Labute approximate surface area is 94.1 Å². The maximum absolute atomic E-state index is 12.7. The zero-order valence-corrected chi connectivity index (χ0v) is 8.75. The van der Waals surface area contributed by atoms with E-state index in [0.717, 1.165) is 13.2 Å². The first-order valence-corrected chi connectivity index (χ1v) is 4.43. The molecule has 0 heterocycles. The average Bonchev–Trinajstić information content (AvgIpc) is 2.25. The predicted molar refractivity (Wildman–Crippen MR) is 52.5 cm³/mol. The van der Waals surface area contributed by atoms with Crippen molar-refractivity contribution in [3.63, 3.8) is 0 Å². The quantitative estimate of drug-likeness (QED) is 0.658. The van der Waals surface area contributed by atoms with Crippen molar-refractivity contribution in [3.8, 4) is 5.75 Å². The van der Waals surface area contributed by atoms with Gasteiger partial charge in [0.1, 0.15) is 5.75 Å². The number of nitrogens with two attached hydrogens (primary N) is 1.